The van der Waals surface area contributed by atoms with Gasteiger partial charge < -0.3 is 4.90 Å². The Bertz CT molecular complexity index is 807. The van der Waals surface area contributed by atoms with Gasteiger partial charge in [0.2, 0.25) is 10.0 Å². The van der Waals surface area contributed by atoms with E-state index in [0.717, 1.165) is 43.6 Å². The molecule has 2 aromatic rings. The molecule has 2 heterocycles. The highest BCUT2D eigenvalue weighted by Gasteiger charge is 2.19. The summed E-state index contributed by atoms with van der Waals surface area (Å²) in [4.78, 5) is 15.8. The van der Waals surface area contributed by atoms with Gasteiger partial charge >= 0.3 is 0 Å². The third-order valence-electron chi connectivity index (χ3n) is 4.55. The molecule has 0 atom stereocenters. The molecule has 0 bridgehead atoms. The van der Waals surface area contributed by atoms with Crippen LogP contribution in [0.4, 0.5) is 0 Å². The van der Waals surface area contributed by atoms with Gasteiger partial charge in [0.15, 0.2) is 0 Å². The van der Waals surface area contributed by atoms with E-state index in [4.69, 9.17) is 0 Å². The van der Waals surface area contributed by atoms with Crippen molar-refractivity contribution in [2.24, 2.45) is 0 Å². The molecule has 1 N–H and O–H groups in total. The van der Waals surface area contributed by atoms with Gasteiger partial charge in [-0.05, 0) is 55.0 Å². The van der Waals surface area contributed by atoms with Gasteiger partial charge in [-0.2, -0.15) is 0 Å². The average molecular weight is 393 g/mol. The highest BCUT2D eigenvalue weighted by atomic mass is 32.2. The number of nitrogens with one attached hydrogen (secondary N) is 1. The summed E-state index contributed by atoms with van der Waals surface area (Å²) in [7, 11) is -3.56. The predicted molar refractivity (Wildman–Crippen MR) is 104 cm³/mol. The molecule has 140 valence electrons. The Hall–Kier alpha value is -1.70. The molecule has 1 fully saturated rings. The van der Waals surface area contributed by atoms with Crippen molar-refractivity contribution in [3.8, 4) is 0 Å². The lowest BCUT2D eigenvalue weighted by atomic mass is 10.2. The lowest BCUT2D eigenvalue weighted by Gasteiger charge is -2.20. The lowest BCUT2D eigenvalue weighted by Crippen LogP contribution is -2.32. The Morgan fingerprint density at radius 1 is 1.04 bits per heavy atom. The molecular weight excluding hydrogens is 368 g/mol. The zero-order valence-corrected chi connectivity index (χ0v) is 16.3. The van der Waals surface area contributed by atoms with Crippen molar-refractivity contribution >= 4 is 27.3 Å². The average Bonchev–Trinajstić information content (AvgIpc) is 3.01. The van der Waals surface area contributed by atoms with E-state index < -0.39 is 10.0 Å². The van der Waals surface area contributed by atoms with E-state index in [9.17, 15) is 13.2 Å². The number of amides is 1. The van der Waals surface area contributed by atoms with Gasteiger partial charge in [-0.25, -0.2) is 13.1 Å². The van der Waals surface area contributed by atoms with Gasteiger partial charge in [-0.3, -0.25) is 4.79 Å². The fraction of sp³-hybridized carbons (Fsp3) is 0.421. The number of thiophene rings is 1. The monoisotopic (exact) mass is 392 g/mol. The third kappa shape index (κ3) is 4.93. The van der Waals surface area contributed by atoms with Crippen LogP contribution in [-0.2, 0) is 16.4 Å². The van der Waals surface area contributed by atoms with Gasteiger partial charge in [-0.1, -0.05) is 18.9 Å². The molecule has 1 saturated heterocycles. The second-order valence-electron chi connectivity index (χ2n) is 6.46. The number of hydrogen-bond acceptors (Lipinski definition) is 4. The van der Waals surface area contributed by atoms with Crippen molar-refractivity contribution < 1.29 is 13.2 Å². The minimum absolute atomic E-state index is 0.0125. The van der Waals surface area contributed by atoms with Gasteiger partial charge in [-0.15, -0.1) is 11.3 Å². The van der Waals surface area contributed by atoms with E-state index in [-0.39, 0.29) is 10.8 Å². The van der Waals surface area contributed by atoms with Crippen molar-refractivity contribution in [2.75, 3.05) is 19.6 Å². The Kier molecular flexibility index (Phi) is 6.45. The molecule has 0 aliphatic carbocycles. The molecular formula is C19H24N2O3S2. The number of benzene rings is 1. The molecule has 0 unspecified atom stereocenters. The first-order valence-corrected chi connectivity index (χ1v) is 11.3. The minimum atomic E-state index is -3.56. The number of nitrogens with zero attached hydrogens (tertiary/aromatic N) is 1. The van der Waals surface area contributed by atoms with Gasteiger partial charge in [0.1, 0.15) is 0 Å². The number of hydrogen-bond donors (Lipinski definition) is 1. The normalized spacial score (nSPS) is 15.6. The van der Waals surface area contributed by atoms with E-state index in [1.807, 2.05) is 22.4 Å². The maximum absolute atomic E-state index is 12.6. The first kappa shape index (κ1) is 19.1. The SMILES string of the molecule is O=C(c1ccc(S(=O)(=O)NCCc2cccs2)cc1)N1CCCCCC1. The van der Waals surface area contributed by atoms with Crippen LogP contribution in [-0.4, -0.2) is 38.9 Å². The zero-order valence-electron chi connectivity index (χ0n) is 14.7. The van der Waals surface area contributed by atoms with Crippen LogP contribution < -0.4 is 4.72 Å². The predicted octanol–water partition coefficient (Wildman–Crippen LogP) is 3.29. The summed E-state index contributed by atoms with van der Waals surface area (Å²) in [5.74, 6) is -0.0125. The highest BCUT2D eigenvalue weighted by Crippen LogP contribution is 2.16. The number of rotatable bonds is 6. The molecule has 0 saturated carbocycles. The standard InChI is InChI=1S/C19H24N2O3S2/c22-19(21-13-3-1-2-4-14-21)16-7-9-18(10-8-16)26(23,24)20-12-11-17-6-5-15-25-17/h5-10,15,20H,1-4,11-14H2. The van der Waals surface area contributed by atoms with Crippen LogP contribution >= 0.6 is 11.3 Å². The van der Waals surface area contributed by atoms with E-state index in [1.165, 1.54) is 12.1 Å². The van der Waals surface area contributed by atoms with Crippen molar-refractivity contribution in [1.29, 1.82) is 0 Å². The fourth-order valence-electron chi connectivity index (χ4n) is 3.08. The molecule has 0 spiro atoms. The third-order valence-corrected chi connectivity index (χ3v) is 6.96. The molecule has 26 heavy (non-hydrogen) atoms. The molecule has 1 aliphatic heterocycles. The van der Waals surface area contributed by atoms with Crippen LogP contribution in [0.1, 0.15) is 40.9 Å². The molecule has 1 aliphatic rings. The fourth-order valence-corrected chi connectivity index (χ4v) is 4.82. The summed E-state index contributed by atoms with van der Waals surface area (Å²) < 4.78 is 27.4. The maximum atomic E-state index is 12.6. The van der Waals surface area contributed by atoms with Crippen molar-refractivity contribution in [1.82, 2.24) is 9.62 Å². The summed E-state index contributed by atoms with van der Waals surface area (Å²) in [6, 6.07) is 10.2. The first-order valence-electron chi connectivity index (χ1n) is 8.98. The topological polar surface area (TPSA) is 66.5 Å². The quantitative estimate of drug-likeness (QED) is 0.820. The van der Waals surface area contributed by atoms with E-state index in [2.05, 4.69) is 4.72 Å². The Morgan fingerprint density at radius 3 is 2.35 bits per heavy atom. The molecule has 5 nitrogen and oxygen atoms in total. The van der Waals surface area contributed by atoms with E-state index in [1.54, 1.807) is 23.5 Å². The molecule has 0 radical (unpaired) electrons. The Morgan fingerprint density at radius 2 is 1.73 bits per heavy atom. The number of carbonyl (C=O) groups excluding carboxylic acids is 1. The largest absolute Gasteiger partial charge is 0.339 e. The van der Waals surface area contributed by atoms with Crippen molar-refractivity contribution in [3.05, 3.63) is 52.2 Å². The summed E-state index contributed by atoms with van der Waals surface area (Å²) >= 11 is 1.61. The van der Waals surface area contributed by atoms with Crippen LogP contribution in [0, 0.1) is 0 Å². The molecule has 1 aromatic heterocycles. The highest BCUT2D eigenvalue weighted by molar-refractivity contribution is 7.89. The lowest BCUT2D eigenvalue weighted by molar-refractivity contribution is 0.0761. The first-order chi connectivity index (χ1) is 12.6. The van der Waals surface area contributed by atoms with E-state index >= 15 is 0 Å². The number of likely N-dealkylation sites (tertiary alicyclic amines) is 1. The molecule has 1 aromatic carbocycles. The summed E-state index contributed by atoms with van der Waals surface area (Å²) in [6.45, 7) is 1.92. The molecule has 3 rings (SSSR count). The maximum Gasteiger partial charge on any atom is 0.253 e. The van der Waals surface area contributed by atoms with Crippen LogP contribution in [0.25, 0.3) is 0 Å². The van der Waals surface area contributed by atoms with Crippen molar-refractivity contribution in [2.45, 2.75) is 37.0 Å². The Labute approximate surface area is 159 Å². The van der Waals surface area contributed by atoms with Gasteiger partial charge in [0.05, 0.1) is 4.90 Å². The number of carbonyl (C=O) groups is 1. The second-order valence-corrected chi connectivity index (χ2v) is 9.26. The minimum Gasteiger partial charge on any atom is -0.339 e. The van der Waals surface area contributed by atoms with E-state index in [0.29, 0.717) is 18.5 Å². The number of sulfonamides is 1. The van der Waals surface area contributed by atoms with Crippen LogP contribution in [0.5, 0.6) is 0 Å². The van der Waals surface area contributed by atoms with Crippen LogP contribution in [0.2, 0.25) is 0 Å². The van der Waals surface area contributed by atoms with Crippen LogP contribution in [0.15, 0.2) is 46.7 Å². The summed E-state index contributed by atoms with van der Waals surface area (Å²) in [5, 5.41) is 1.98. The molecule has 7 heteroatoms. The molecule has 1 amide bonds. The Balaban J connectivity index is 1.61. The van der Waals surface area contributed by atoms with Crippen LogP contribution in [0.3, 0.4) is 0 Å². The second kappa shape index (κ2) is 8.79. The van der Waals surface area contributed by atoms with Gasteiger partial charge in [0.25, 0.3) is 5.91 Å². The summed E-state index contributed by atoms with van der Waals surface area (Å²) in [6.07, 6.45) is 5.07. The summed E-state index contributed by atoms with van der Waals surface area (Å²) in [5.41, 5.74) is 0.546. The zero-order chi connectivity index (χ0) is 18.4. The van der Waals surface area contributed by atoms with Gasteiger partial charge in [0, 0.05) is 30.1 Å². The van der Waals surface area contributed by atoms with Crippen molar-refractivity contribution in [3.63, 3.8) is 0 Å². The smallest absolute Gasteiger partial charge is 0.253 e.